The van der Waals surface area contributed by atoms with Crippen LogP contribution in [0.25, 0.3) is 0 Å². The molecular weight excluding hydrogens is 362 g/mol. The predicted octanol–water partition coefficient (Wildman–Crippen LogP) is 3.40. The number of rotatable bonds is 7. The van der Waals surface area contributed by atoms with Gasteiger partial charge in [-0.15, -0.1) is 12.4 Å². The summed E-state index contributed by atoms with van der Waals surface area (Å²) in [5.41, 5.74) is 2.25. The Morgan fingerprint density at radius 2 is 2.11 bits per heavy atom. The third-order valence-corrected chi connectivity index (χ3v) is 4.66. The molecule has 0 radical (unpaired) electrons. The number of hydrogen-bond acceptors (Lipinski definition) is 4. The van der Waals surface area contributed by atoms with Crippen LogP contribution in [0, 0.1) is 0 Å². The number of carbonyl (C=O) groups excluding carboxylic acids is 1. The van der Waals surface area contributed by atoms with Gasteiger partial charge in [0.1, 0.15) is 5.75 Å². The zero-order valence-corrected chi connectivity index (χ0v) is 16.6. The first-order chi connectivity index (χ1) is 12.8. The maximum atomic E-state index is 12.8. The lowest BCUT2D eigenvalue weighted by Gasteiger charge is -2.36. The Hall–Kier alpha value is -2.11. The molecule has 1 amide bonds. The van der Waals surface area contributed by atoms with Crippen LogP contribution in [0.3, 0.4) is 0 Å². The molecule has 0 aliphatic carbocycles. The van der Waals surface area contributed by atoms with Gasteiger partial charge >= 0.3 is 0 Å². The molecule has 5 nitrogen and oxygen atoms in total. The van der Waals surface area contributed by atoms with Gasteiger partial charge in [-0.3, -0.25) is 9.78 Å². The third kappa shape index (κ3) is 5.94. The molecule has 1 aromatic heterocycles. The van der Waals surface area contributed by atoms with Gasteiger partial charge in [0.05, 0.1) is 12.6 Å². The van der Waals surface area contributed by atoms with Crippen molar-refractivity contribution in [1.82, 2.24) is 15.2 Å². The van der Waals surface area contributed by atoms with E-state index in [1.165, 1.54) is 0 Å². The summed E-state index contributed by atoms with van der Waals surface area (Å²) in [5.74, 6) is 1.09. The van der Waals surface area contributed by atoms with E-state index in [0.29, 0.717) is 6.42 Å². The second-order valence-electron chi connectivity index (χ2n) is 6.59. The summed E-state index contributed by atoms with van der Waals surface area (Å²) in [5, 5.41) is 3.38. The fraction of sp³-hybridized carbons (Fsp3) is 0.429. The van der Waals surface area contributed by atoms with Gasteiger partial charge in [-0.2, -0.15) is 0 Å². The van der Waals surface area contributed by atoms with Crippen LogP contribution < -0.4 is 10.1 Å². The van der Waals surface area contributed by atoms with Crippen LogP contribution in [0.15, 0.2) is 48.8 Å². The van der Waals surface area contributed by atoms with Gasteiger partial charge < -0.3 is 15.0 Å². The van der Waals surface area contributed by atoms with Crippen molar-refractivity contribution in [1.29, 1.82) is 0 Å². The standard InChI is InChI=1S/C21H27N3O2.ClH/c1-2-14-26-19-8-5-17(6-9-19)7-10-21(25)24-13-12-23-16-20(24)18-4-3-11-22-15-18;/h3-6,8-9,11,15,20,23H,2,7,10,12-14,16H2,1H3;1H. The molecule has 0 bridgehead atoms. The van der Waals surface area contributed by atoms with E-state index in [1.807, 2.05) is 35.4 Å². The molecule has 1 aliphatic rings. The highest BCUT2D eigenvalue weighted by molar-refractivity contribution is 5.85. The Morgan fingerprint density at radius 3 is 2.81 bits per heavy atom. The zero-order valence-electron chi connectivity index (χ0n) is 15.8. The minimum atomic E-state index is 0. The Bertz CT molecular complexity index is 694. The van der Waals surface area contributed by atoms with Gasteiger partial charge in [-0.25, -0.2) is 0 Å². The van der Waals surface area contributed by atoms with Crippen molar-refractivity contribution in [2.24, 2.45) is 0 Å². The van der Waals surface area contributed by atoms with Crippen molar-refractivity contribution in [3.8, 4) is 5.75 Å². The first-order valence-corrected chi connectivity index (χ1v) is 9.39. The zero-order chi connectivity index (χ0) is 18.2. The number of ether oxygens (including phenoxy) is 1. The molecule has 1 fully saturated rings. The monoisotopic (exact) mass is 389 g/mol. The molecule has 2 aromatic rings. The normalized spacial score (nSPS) is 16.5. The van der Waals surface area contributed by atoms with Gasteiger partial charge in [0.2, 0.25) is 5.91 Å². The van der Waals surface area contributed by atoms with E-state index in [2.05, 4.69) is 29.4 Å². The fourth-order valence-electron chi connectivity index (χ4n) is 3.24. The average molecular weight is 390 g/mol. The minimum Gasteiger partial charge on any atom is -0.494 e. The van der Waals surface area contributed by atoms with Crippen LogP contribution in [0.4, 0.5) is 0 Å². The number of amides is 1. The smallest absolute Gasteiger partial charge is 0.223 e. The van der Waals surface area contributed by atoms with Gasteiger partial charge in [0.25, 0.3) is 0 Å². The quantitative estimate of drug-likeness (QED) is 0.788. The summed E-state index contributed by atoms with van der Waals surface area (Å²) >= 11 is 0. The summed E-state index contributed by atoms with van der Waals surface area (Å²) in [6, 6.07) is 12.1. The highest BCUT2D eigenvalue weighted by Gasteiger charge is 2.27. The number of piperazine rings is 1. The molecule has 27 heavy (non-hydrogen) atoms. The van der Waals surface area contributed by atoms with E-state index >= 15 is 0 Å². The lowest BCUT2D eigenvalue weighted by molar-refractivity contribution is -0.134. The molecule has 0 spiro atoms. The second kappa shape index (κ2) is 10.9. The van der Waals surface area contributed by atoms with Crippen molar-refractivity contribution in [2.45, 2.75) is 32.2 Å². The molecule has 6 heteroatoms. The second-order valence-corrected chi connectivity index (χ2v) is 6.59. The lowest BCUT2D eigenvalue weighted by atomic mass is 10.0. The van der Waals surface area contributed by atoms with Gasteiger partial charge in [-0.05, 0) is 42.2 Å². The average Bonchev–Trinajstić information content (AvgIpc) is 2.72. The van der Waals surface area contributed by atoms with Crippen LogP contribution in [-0.4, -0.2) is 42.0 Å². The first kappa shape index (κ1) is 21.2. The summed E-state index contributed by atoms with van der Waals surface area (Å²) in [4.78, 5) is 19.0. The van der Waals surface area contributed by atoms with Gasteiger partial charge in [0.15, 0.2) is 0 Å². The van der Waals surface area contributed by atoms with Crippen LogP contribution in [0.1, 0.15) is 36.9 Å². The largest absolute Gasteiger partial charge is 0.494 e. The van der Waals surface area contributed by atoms with E-state index in [4.69, 9.17) is 4.74 Å². The Labute approximate surface area is 167 Å². The van der Waals surface area contributed by atoms with Crippen LogP contribution in [0.2, 0.25) is 0 Å². The predicted molar refractivity (Wildman–Crippen MR) is 109 cm³/mol. The number of aromatic nitrogens is 1. The van der Waals surface area contributed by atoms with E-state index in [9.17, 15) is 4.79 Å². The summed E-state index contributed by atoms with van der Waals surface area (Å²) in [6.45, 7) is 5.18. The maximum Gasteiger partial charge on any atom is 0.223 e. The lowest BCUT2D eigenvalue weighted by Crippen LogP contribution is -2.48. The Morgan fingerprint density at radius 1 is 1.30 bits per heavy atom. The van der Waals surface area contributed by atoms with E-state index < -0.39 is 0 Å². The minimum absolute atomic E-state index is 0. The van der Waals surface area contributed by atoms with E-state index in [0.717, 1.165) is 56.0 Å². The van der Waals surface area contributed by atoms with Crippen LogP contribution in [-0.2, 0) is 11.2 Å². The Balaban J connectivity index is 0.00000261. The summed E-state index contributed by atoms with van der Waals surface area (Å²) in [6.07, 6.45) is 5.88. The number of pyridine rings is 1. The molecule has 3 rings (SSSR count). The highest BCUT2D eigenvalue weighted by atomic mass is 35.5. The molecule has 1 saturated heterocycles. The van der Waals surface area contributed by atoms with Crippen molar-refractivity contribution in [2.75, 3.05) is 26.2 Å². The molecule has 1 unspecified atom stereocenters. The summed E-state index contributed by atoms with van der Waals surface area (Å²) < 4.78 is 5.61. The molecular formula is C21H28ClN3O2. The SMILES string of the molecule is CCCOc1ccc(CCC(=O)N2CCNCC2c2cccnc2)cc1.Cl. The summed E-state index contributed by atoms with van der Waals surface area (Å²) in [7, 11) is 0. The molecule has 1 N–H and O–H groups in total. The van der Waals surface area contributed by atoms with E-state index in [1.54, 1.807) is 6.20 Å². The van der Waals surface area contributed by atoms with Gasteiger partial charge in [-0.1, -0.05) is 25.1 Å². The first-order valence-electron chi connectivity index (χ1n) is 9.39. The number of halogens is 1. The number of nitrogens with one attached hydrogen (secondary N) is 1. The van der Waals surface area contributed by atoms with E-state index in [-0.39, 0.29) is 24.4 Å². The number of aryl methyl sites for hydroxylation is 1. The molecule has 1 aliphatic heterocycles. The number of hydrogen-bond donors (Lipinski definition) is 1. The van der Waals surface area contributed by atoms with Crippen molar-refractivity contribution >= 4 is 18.3 Å². The molecule has 1 aromatic carbocycles. The van der Waals surface area contributed by atoms with Gasteiger partial charge in [0, 0.05) is 38.4 Å². The Kier molecular flexibility index (Phi) is 8.55. The molecule has 0 saturated carbocycles. The number of nitrogens with zero attached hydrogens (tertiary/aromatic N) is 2. The third-order valence-electron chi connectivity index (χ3n) is 4.66. The molecule has 1 atom stereocenters. The van der Waals surface area contributed by atoms with Crippen molar-refractivity contribution in [3.63, 3.8) is 0 Å². The highest BCUT2D eigenvalue weighted by Crippen LogP contribution is 2.23. The molecule has 146 valence electrons. The molecule has 2 heterocycles. The van der Waals surface area contributed by atoms with Crippen LogP contribution >= 0.6 is 12.4 Å². The number of carbonyl (C=O) groups is 1. The maximum absolute atomic E-state index is 12.8. The van der Waals surface area contributed by atoms with Crippen molar-refractivity contribution in [3.05, 3.63) is 59.9 Å². The van der Waals surface area contributed by atoms with Crippen LogP contribution in [0.5, 0.6) is 5.75 Å². The van der Waals surface area contributed by atoms with Crippen molar-refractivity contribution < 1.29 is 9.53 Å². The fourth-order valence-corrected chi connectivity index (χ4v) is 3.24. The topological polar surface area (TPSA) is 54.5 Å². The number of benzene rings is 1.